The summed E-state index contributed by atoms with van der Waals surface area (Å²) in [5.74, 6) is 0. The number of aliphatic hydroxyl groups is 1. The van der Waals surface area contributed by atoms with Crippen molar-refractivity contribution in [3.63, 3.8) is 0 Å². The molecule has 0 aromatic carbocycles. The maximum Gasteiger partial charge on any atom is 0.0496 e. The summed E-state index contributed by atoms with van der Waals surface area (Å²) in [6.45, 7) is 2.44. The Hall–Kier alpha value is -0.560. The van der Waals surface area contributed by atoms with Crippen LogP contribution >= 0.6 is 0 Å². The average Bonchev–Trinajstić information content (AvgIpc) is 2.28. The van der Waals surface area contributed by atoms with E-state index in [2.05, 4.69) is 31.2 Å². The highest BCUT2D eigenvalue weighted by Gasteiger charge is 2.61. The summed E-state index contributed by atoms with van der Waals surface area (Å²) in [6, 6.07) is 0. The summed E-state index contributed by atoms with van der Waals surface area (Å²) in [5, 5.41) is 9.02. The third-order valence-corrected chi connectivity index (χ3v) is 2.93. The fraction of sp³-hybridized carbons (Fsp3) is 0.556. The van der Waals surface area contributed by atoms with Crippen LogP contribution in [-0.2, 0) is 0 Å². The molecule has 0 bridgehead atoms. The molecule has 0 saturated heterocycles. The molecule has 0 aromatic heterocycles. The third-order valence-electron chi connectivity index (χ3n) is 2.93. The summed E-state index contributed by atoms with van der Waals surface area (Å²) in [6.07, 6.45) is 9.65. The van der Waals surface area contributed by atoms with E-state index in [-0.39, 0.29) is 10.8 Å². The van der Waals surface area contributed by atoms with Crippen molar-refractivity contribution in [1.29, 1.82) is 0 Å². The van der Waals surface area contributed by atoms with Crippen LogP contribution in [0.4, 0.5) is 0 Å². The highest BCUT2D eigenvalue weighted by Crippen LogP contribution is 2.66. The molecule has 2 aliphatic carbocycles. The van der Waals surface area contributed by atoms with Gasteiger partial charge in [-0.2, -0.15) is 0 Å². The molecule has 0 radical (unpaired) electrons. The van der Waals surface area contributed by atoms with Gasteiger partial charge >= 0.3 is 0 Å². The smallest absolute Gasteiger partial charge is 0.0496 e. The van der Waals surface area contributed by atoms with E-state index in [9.17, 15) is 0 Å². The number of rotatable bonds is 1. The van der Waals surface area contributed by atoms with Crippen LogP contribution in [0.3, 0.4) is 0 Å². The van der Waals surface area contributed by atoms with E-state index in [0.29, 0.717) is 6.61 Å². The number of hydrogen-bond donors (Lipinski definition) is 1. The van der Waals surface area contributed by atoms with Gasteiger partial charge in [-0.1, -0.05) is 31.2 Å². The van der Waals surface area contributed by atoms with Gasteiger partial charge in [0.05, 0.1) is 0 Å². The SMILES string of the molecule is CC1(CO)CC12C=CC=C2. The Balaban J connectivity index is 2.25. The van der Waals surface area contributed by atoms with Crippen molar-refractivity contribution >= 4 is 0 Å². The lowest BCUT2D eigenvalue weighted by molar-refractivity contribution is 0.207. The molecule has 1 saturated carbocycles. The summed E-state index contributed by atoms with van der Waals surface area (Å²) >= 11 is 0. The zero-order chi connectivity index (χ0) is 7.24. The molecule has 0 aliphatic heterocycles. The van der Waals surface area contributed by atoms with Crippen LogP contribution in [0.5, 0.6) is 0 Å². The molecule has 1 unspecified atom stereocenters. The average molecular weight is 136 g/mol. The van der Waals surface area contributed by atoms with Crippen molar-refractivity contribution < 1.29 is 5.11 Å². The molecule has 10 heavy (non-hydrogen) atoms. The second-order valence-corrected chi connectivity index (χ2v) is 3.65. The molecule has 1 heteroatoms. The second kappa shape index (κ2) is 1.54. The molecule has 2 rings (SSSR count). The molecule has 1 atom stereocenters. The van der Waals surface area contributed by atoms with Gasteiger partial charge in [0.25, 0.3) is 0 Å². The van der Waals surface area contributed by atoms with Gasteiger partial charge in [-0.25, -0.2) is 0 Å². The molecule has 1 N–H and O–H groups in total. The highest BCUT2D eigenvalue weighted by molar-refractivity contribution is 5.37. The summed E-state index contributed by atoms with van der Waals surface area (Å²) < 4.78 is 0. The van der Waals surface area contributed by atoms with Gasteiger partial charge < -0.3 is 5.11 Å². The number of allylic oxidation sites excluding steroid dienone is 4. The van der Waals surface area contributed by atoms with Crippen molar-refractivity contribution in [2.75, 3.05) is 6.61 Å². The predicted molar refractivity (Wildman–Crippen MR) is 40.5 cm³/mol. The highest BCUT2D eigenvalue weighted by atomic mass is 16.3. The van der Waals surface area contributed by atoms with Crippen LogP contribution in [0, 0.1) is 10.8 Å². The largest absolute Gasteiger partial charge is 0.396 e. The Morgan fingerprint density at radius 2 is 2.00 bits per heavy atom. The Morgan fingerprint density at radius 3 is 2.40 bits per heavy atom. The van der Waals surface area contributed by atoms with Crippen LogP contribution in [0.1, 0.15) is 13.3 Å². The minimum absolute atomic E-state index is 0.149. The summed E-state index contributed by atoms with van der Waals surface area (Å²) in [7, 11) is 0. The van der Waals surface area contributed by atoms with E-state index in [1.54, 1.807) is 0 Å². The lowest BCUT2D eigenvalue weighted by Gasteiger charge is -2.09. The van der Waals surface area contributed by atoms with E-state index in [0.717, 1.165) is 6.42 Å². The van der Waals surface area contributed by atoms with E-state index >= 15 is 0 Å². The van der Waals surface area contributed by atoms with Crippen LogP contribution < -0.4 is 0 Å². The molecule has 2 aliphatic rings. The van der Waals surface area contributed by atoms with E-state index in [4.69, 9.17) is 5.11 Å². The first kappa shape index (κ1) is 6.17. The molecule has 0 heterocycles. The lowest BCUT2D eigenvalue weighted by atomic mass is 9.97. The lowest BCUT2D eigenvalue weighted by Crippen LogP contribution is -2.09. The zero-order valence-corrected chi connectivity index (χ0v) is 6.17. The van der Waals surface area contributed by atoms with Crippen molar-refractivity contribution in [1.82, 2.24) is 0 Å². The van der Waals surface area contributed by atoms with Crippen LogP contribution in [-0.4, -0.2) is 11.7 Å². The van der Waals surface area contributed by atoms with Gasteiger partial charge in [0.15, 0.2) is 0 Å². The Bertz CT molecular complexity index is 203. The molecular weight excluding hydrogens is 124 g/mol. The van der Waals surface area contributed by atoms with Gasteiger partial charge in [0.1, 0.15) is 0 Å². The fourth-order valence-electron chi connectivity index (χ4n) is 1.83. The molecular formula is C9H12O. The molecule has 1 spiro atoms. The van der Waals surface area contributed by atoms with E-state index < -0.39 is 0 Å². The van der Waals surface area contributed by atoms with Gasteiger partial charge in [0.2, 0.25) is 0 Å². The zero-order valence-electron chi connectivity index (χ0n) is 6.17. The first-order valence-corrected chi connectivity index (χ1v) is 3.70. The first-order valence-electron chi connectivity index (χ1n) is 3.70. The fourth-order valence-corrected chi connectivity index (χ4v) is 1.83. The molecule has 1 nitrogen and oxygen atoms in total. The summed E-state index contributed by atoms with van der Waals surface area (Å²) in [5.41, 5.74) is 0.387. The number of aliphatic hydroxyl groups excluding tert-OH is 1. The van der Waals surface area contributed by atoms with Crippen molar-refractivity contribution in [3.05, 3.63) is 24.3 Å². The minimum Gasteiger partial charge on any atom is -0.396 e. The monoisotopic (exact) mass is 136 g/mol. The van der Waals surface area contributed by atoms with Crippen molar-refractivity contribution in [2.24, 2.45) is 10.8 Å². The Morgan fingerprint density at radius 1 is 1.40 bits per heavy atom. The Kier molecular flexibility index (Phi) is 0.948. The molecule has 0 amide bonds. The quantitative estimate of drug-likeness (QED) is 0.579. The summed E-state index contributed by atoms with van der Waals surface area (Å²) in [4.78, 5) is 0. The standard InChI is InChI=1S/C9H12O/c1-8(7-10)6-9(8)4-2-3-5-9/h2-5,10H,6-7H2,1H3. The Labute approximate surface area is 61.1 Å². The van der Waals surface area contributed by atoms with Crippen LogP contribution in [0.15, 0.2) is 24.3 Å². The molecule has 0 aromatic rings. The van der Waals surface area contributed by atoms with Crippen molar-refractivity contribution in [2.45, 2.75) is 13.3 Å². The predicted octanol–water partition coefficient (Wildman–Crippen LogP) is 1.50. The molecule has 1 fully saturated rings. The van der Waals surface area contributed by atoms with Crippen LogP contribution in [0.2, 0.25) is 0 Å². The first-order chi connectivity index (χ1) is 4.72. The van der Waals surface area contributed by atoms with Gasteiger partial charge in [-0.3, -0.25) is 0 Å². The maximum absolute atomic E-state index is 9.02. The van der Waals surface area contributed by atoms with Gasteiger partial charge in [-0.05, 0) is 6.42 Å². The molecule has 54 valence electrons. The van der Waals surface area contributed by atoms with Crippen LogP contribution in [0.25, 0.3) is 0 Å². The minimum atomic E-state index is 0.149. The van der Waals surface area contributed by atoms with Gasteiger partial charge in [-0.15, -0.1) is 0 Å². The number of hydrogen-bond acceptors (Lipinski definition) is 1. The van der Waals surface area contributed by atoms with E-state index in [1.807, 2.05) is 0 Å². The normalized spacial score (nSPS) is 39.4. The van der Waals surface area contributed by atoms with E-state index in [1.165, 1.54) is 0 Å². The second-order valence-electron chi connectivity index (χ2n) is 3.65. The van der Waals surface area contributed by atoms with Crippen molar-refractivity contribution in [3.8, 4) is 0 Å². The van der Waals surface area contributed by atoms with Gasteiger partial charge in [0, 0.05) is 17.4 Å². The third kappa shape index (κ3) is 0.517. The topological polar surface area (TPSA) is 20.2 Å². The maximum atomic E-state index is 9.02.